The first kappa shape index (κ1) is 46.5. The second-order valence-electron chi connectivity index (χ2n) is 15.7. The van der Waals surface area contributed by atoms with Crippen molar-refractivity contribution in [3.8, 4) is 11.8 Å². The van der Waals surface area contributed by atoms with E-state index in [-0.39, 0.29) is 28.6 Å². The van der Waals surface area contributed by atoms with E-state index in [9.17, 15) is 34.0 Å². The zero-order valence-corrected chi connectivity index (χ0v) is 36.5. The van der Waals surface area contributed by atoms with Crippen LogP contribution in [-0.4, -0.2) is 78.9 Å². The third kappa shape index (κ3) is 10.4. The first-order chi connectivity index (χ1) is 29.3. The van der Waals surface area contributed by atoms with Gasteiger partial charge in [0.2, 0.25) is 5.60 Å². The Morgan fingerprint density at radius 2 is 1.61 bits per heavy atom. The van der Waals surface area contributed by atoms with Crippen molar-refractivity contribution >= 4 is 49.8 Å². The smallest absolute Gasteiger partial charge is 0.461 e. The molecular formula is C40H50N6O14P2. The van der Waals surface area contributed by atoms with Gasteiger partial charge in [0.15, 0.2) is 17.7 Å². The molecule has 1 aliphatic carbocycles. The SMILES string of the molecule is CC(C)C(=O)O[C@H]1[C@@H](OC(=O)C(C)C)[C@](C#N)(c2ccc3c(=N)n(COP(=O)(O)O)cnn23)O[C@@H]1COP(=O)(N[C@@H](C)C(=O)OC1CCCCC1)Oc1cccc2ccccc12. The molecule has 2 fully saturated rings. The Morgan fingerprint density at radius 3 is 2.29 bits per heavy atom. The summed E-state index contributed by atoms with van der Waals surface area (Å²) >= 11 is 0. The van der Waals surface area contributed by atoms with Crippen LogP contribution in [0.4, 0.5) is 0 Å². The van der Waals surface area contributed by atoms with Gasteiger partial charge in [0.25, 0.3) is 0 Å². The molecule has 1 aliphatic heterocycles. The largest absolute Gasteiger partial charge is 0.471 e. The van der Waals surface area contributed by atoms with Crippen LogP contribution in [0.5, 0.6) is 5.75 Å². The van der Waals surface area contributed by atoms with Crippen molar-refractivity contribution in [3.63, 3.8) is 0 Å². The van der Waals surface area contributed by atoms with Crippen LogP contribution < -0.4 is 15.1 Å². The summed E-state index contributed by atoms with van der Waals surface area (Å²) < 4.78 is 69.4. The minimum atomic E-state index is -4.93. The van der Waals surface area contributed by atoms with Crippen molar-refractivity contribution < 1.29 is 65.8 Å². The molecule has 4 N–H and O–H groups in total. The number of fused-ring (bicyclic) bond motifs is 2. The minimum Gasteiger partial charge on any atom is -0.461 e. The molecule has 0 amide bonds. The third-order valence-corrected chi connectivity index (χ3v) is 12.4. The molecule has 2 aromatic heterocycles. The Bertz CT molecular complexity index is 2490. The van der Waals surface area contributed by atoms with Crippen LogP contribution in [0.25, 0.3) is 16.3 Å². The summed E-state index contributed by atoms with van der Waals surface area (Å²) in [5.41, 5.74) is -2.80. The summed E-state index contributed by atoms with van der Waals surface area (Å²) in [6.45, 7) is 6.18. The number of nitriles is 1. The molecule has 0 bridgehead atoms. The number of rotatable bonds is 17. The lowest BCUT2D eigenvalue weighted by Crippen LogP contribution is -2.47. The number of carbonyl (C=O) groups excluding carboxylic acids is 3. The number of ether oxygens (including phenoxy) is 4. The molecule has 2 aliphatic rings. The summed E-state index contributed by atoms with van der Waals surface area (Å²) in [4.78, 5) is 58.6. The van der Waals surface area contributed by atoms with Gasteiger partial charge in [-0.25, -0.2) is 13.6 Å². The molecule has 6 atom stereocenters. The summed E-state index contributed by atoms with van der Waals surface area (Å²) in [5.74, 6) is -3.59. The minimum absolute atomic E-state index is 0.00527. The van der Waals surface area contributed by atoms with Crippen LogP contribution in [0, 0.1) is 28.6 Å². The van der Waals surface area contributed by atoms with E-state index in [0.717, 1.165) is 40.1 Å². The molecule has 22 heteroatoms. The van der Waals surface area contributed by atoms with Gasteiger partial charge in [-0.15, -0.1) is 0 Å². The number of esters is 3. The zero-order valence-electron chi connectivity index (χ0n) is 34.7. The maximum Gasteiger partial charge on any atom is 0.471 e. The number of phosphoric acid groups is 1. The molecule has 0 spiro atoms. The number of nitrogens with one attached hydrogen (secondary N) is 2. The topological polar surface area (TPSA) is 272 Å². The van der Waals surface area contributed by atoms with Crippen LogP contribution in [0.2, 0.25) is 0 Å². The number of benzene rings is 2. The van der Waals surface area contributed by atoms with Gasteiger partial charge in [-0.2, -0.15) is 15.4 Å². The van der Waals surface area contributed by atoms with Crippen LogP contribution in [-0.2, 0) is 63.8 Å². The van der Waals surface area contributed by atoms with Crippen molar-refractivity contribution in [1.29, 1.82) is 10.7 Å². The molecule has 334 valence electrons. The number of nitrogens with zero attached hydrogens (tertiary/aromatic N) is 4. The third-order valence-electron chi connectivity index (χ3n) is 10.4. The average molecular weight is 901 g/mol. The Kier molecular flexibility index (Phi) is 14.4. The highest BCUT2D eigenvalue weighted by molar-refractivity contribution is 7.52. The summed E-state index contributed by atoms with van der Waals surface area (Å²) in [6.07, 6.45) is 0.0878. The highest BCUT2D eigenvalue weighted by Gasteiger charge is 2.63. The van der Waals surface area contributed by atoms with Gasteiger partial charge in [-0.1, -0.05) is 70.5 Å². The average Bonchev–Trinajstić information content (AvgIpc) is 3.80. The Morgan fingerprint density at radius 1 is 0.935 bits per heavy atom. The van der Waals surface area contributed by atoms with Crippen LogP contribution in [0.15, 0.2) is 60.9 Å². The van der Waals surface area contributed by atoms with Crippen LogP contribution in [0.1, 0.15) is 72.4 Å². The van der Waals surface area contributed by atoms with E-state index in [4.69, 9.17) is 33.4 Å². The molecule has 4 aromatic rings. The monoisotopic (exact) mass is 900 g/mol. The Balaban J connectivity index is 1.40. The standard InChI is InChI=1S/C40H50N6O14P2/c1-24(2)37(47)57-34-32(20-54-61(50,44-26(5)39(49)56-28-14-7-6-8-15-28)60-31-17-11-13-27-12-9-10-16-29(27)31)59-40(21-41,35(34)58-38(48)25(3)4)33-19-18-30-36(42)45(22-43-46(30)33)23-55-62(51,52)53/h9-13,16-19,22,24-26,28,32,34-35,42H,6-8,14-15,20,23H2,1-5H3,(H,44,50)(H2,51,52,53)/t26-,32+,34+,35+,40-,61?/m0/s1. The normalized spacial score (nSPS) is 22.3. The lowest BCUT2D eigenvalue weighted by molar-refractivity contribution is -0.173. The Labute approximate surface area is 356 Å². The van der Waals surface area contributed by atoms with Gasteiger partial charge in [-0.05, 0) is 56.2 Å². The lowest BCUT2D eigenvalue weighted by atomic mass is 9.92. The molecule has 6 rings (SSSR count). The molecule has 1 saturated carbocycles. The number of hydrogen-bond donors (Lipinski definition) is 4. The fraction of sp³-hybridized carbons (Fsp3) is 0.500. The maximum atomic E-state index is 15.0. The number of phosphoric ester groups is 1. The fourth-order valence-corrected chi connectivity index (χ4v) is 8.87. The van der Waals surface area contributed by atoms with E-state index in [1.54, 1.807) is 52.0 Å². The zero-order chi connectivity index (χ0) is 45.0. The van der Waals surface area contributed by atoms with Crippen LogP contribution in [0.3, 0.4) is 0 Å². The second-order valence-corrected chi connectivity index (χ2v) is 18.6. The molecule has 62 heavy (non-hydrogen) atoms. The van der Waals surface area contributed by atoms with Gasteiger partial charge in [-0.3, -0.25) is 33.4 Å². The van der Waals surface area contributed by atoms with Crippen molar-refractivity contribution in [2.45, 2.75) is 110 Å². The molecule has 1 unspecified atom stereocenters. The summed E-state index contributed by atoms with van der Waals surface area (Å²) in [5, 5.41) is 28.1. The first-order valence-electron chi connectivity index (χ1n) is 20.1. The molecule has 3 heterocycles. The highest BCUT2D eigenvalue weighted by Crippen LogP contribution is 2.50. The van der Waals surface area contributed by atoms with Gasteiger partial charge < -0.3 is 33.3 Å². The predicted octanol–water partition coefficient (Wildman–Crippen LogP) is 5.15. The maximum absolute atomic E-state index is 15.0. The molecule has 20 nitrogen and oxygen atoms in total. The summed E-state index contributed by atoms with van der Waals surface area (Å²) in [7, 11) is -9.59. The van der Waals surface area contributed by atoms with Gasteiger partial charge in [0.1, 0.15) is 48.6 Å². The molecular weight excluding hydrogens is 850 g/mol. The lowest BCUT2D eigenvalue weighted by Gasteiger charge is -2.29. The highest BCUT2D eigenvalue weighted by atomic mass is 31.2. The summed E-state index contributed by atoms with van der Waals surface area (Å²) in [6, 6.07) is 15.8. The van der Waals surface area contributed by atoms with Crippen LogP contribution >= 0.6 is 15.6 Å². The molecule has 0 radical (unpaired) electrons. The fourth-order valence-electron chi connectivity index (χ4n) is 7.07. The van der Waals surface area contributed by atoms with E-state index >= 15 is 4.57 Å². The number of carbonyl (C=O) groups is 3. The van der Waals surface area contributed by atoms with Crippen molar-refractivity contribution in [2.75, 3.05) is 6.61 Å². The van der Waals surface area contributed by atoms with E-state index in [0.29, 0.717) is 18.2 Å². The number of hydrogen-bond acceptors (Lipinski definition) is 15. The first-order valence-corrected chi connectivity index (χ1v) is 23.1. The van der Waals surface area contributed by atoms with E-state index in [1.807, 2.05) is 18.2 Å². The van der Waals surface area contributed by atoms with E-state index < -0.39 is 88.6 Å². The van der Waals surface area contributed by atoms with E-state index in [2.05, 4.69) is 20.8 Å². The van der Waals surface area contributed by atoms with Gasteiger partial charge in [0.05, 0.1) is 24.1 Å². The van der Waals surface area contributed by atoms with Crippen molar-refractivity contribution in [2.24, 2.45) is 11.8 Å². The van der Waals surface area contributed by atoms with Crippen molar-refractivity contribution in [1.82, 2.24) is 19.3 Å². The predicted molar refractivity (Wildman–Crippen MR) is 217 cm³/mol. The molecule has 1 saturated heterocycles. The molecule has 2 aromatic carbocycles. The number of aromatic nitrogens is 3. The Hall–Kier alpha value is -4.96. The van der Waals surface area contributed by atoms with Gasteiger partial charge >= 0.3 is 33.5 Å². The second kappa shape index (κ2) is 19.2. The van der Waals surface area contributed by atoms with Crippen molar-refractivity contribution in [3.05, 3.63) is 72.1 Å². The van der Waals surface area contributed by atoms with E-state index in [1.165, 1.54) is 19.1 Å². The van der Waals surface area contributed by atoms with Gasteiger partial charge in [0, 0.05) is 5.39 Å². The quantitative estimate of drug-likeness (QED) is 0.0606.